The summed E-state index contributed by atoms with van der Waals surface area (Å²) < 4.78 is 6.27. The number of ether oxygens (including phenoxy) is 1. The molecule has 0 unspecified atom stereocenters. The van der Waals surface area contributed by atoms with Gasteiger partial charge < -0.3 is 9.84 Å². The van der Waals surface area contributed by atoms with E-state index in [1.807, 2.05) is 0 Å². The Balaban J connectivity index is 2.28. The second kappa shape index (κ2) is 5.99. The normalized spacial score (nSPS) is 10.3. The summed E-state index contributed by atoms with van der Waals surface area (Å²) >= 11 is 0. The summed E-state index contributed by atoms with van der Waals surface area (Å²) in [6.45, 7) is 0. The van der Waals surface area contributed by atoms with E-state index in [0.717, 1.165) is 0 Å². The van der Waals surface area contributed by atoms with Gasteiger partial charge in [-0.15, -0.1) is 5.10 Å². The Morgan fingerprint density at radius 1 is 1.52 bits per heavy atom. The molecule has 2 aromatic rings. The predicted octanol–water partition coefficient (Wildman–Crippen LogP) is 1.20. The van der Waals surface area contributed by atoms with Crippen molar-refractivity contribution in [2.75, 3.05) is 7.11 Å². The van der Waals surface area contributed by atoms with E-state index >= 15 is 0 Å². The van der Waals surface area contributed by atoms with E-state index < -0.39 is 10.9 Å². The Morgan fingerprint density at radius 2 is 2.29 bits per heavy atom. The van der Waals surface area contributed by atoms with Crippen molar-refractivity contribution in [3.63, 3.8) is 0 Å². The molecule has 0 aliphatic heterocycles. The number of carboxylic acid groups (broad SMARTS) is 1. The number of nitro benzene ring substituents is 1. The van der Waals surface area contributed by atoms with Crippen LogP contribution in [0.1, 0.15) is 12.1 Å². The summed E-state index contributed by atoms with van der Waals surface area (Å²) in [5.74, 6) is -0.778. The Bertz CT molecular complexity index is 682. The molecule has 0 spiro atoms. The highest BCUT2D eigenvalue weighted by atomic mass is 16.6. The number of hydrogen-bond acceptors (Lipinski definition) is 6. The van der Waals surface area contributed by atoms with Gasteiger partial charge in [0.2, 0.25) is 0 Å². The lowest BCUT2D eigenvalue weighted by atomic mass is 10.2. The van der Waals surface area contributed by atoms with Gasteiger partial charge in [-0.1, -0.05) is 5.21 Å². The summed E-state index contributed by atoms with van der Waals surface area (Å²) in [4.78, 5) is 20.9. The van der Waals surface area contributed by atoms with Crippen LogP contribution in [-0.2, 0) is 11.2 Å². The van der Waals surface area contributed by atoms with Crippen LogP contribution in [-0.4, -0.2) is 38.1 Å². The largest absolute Gasteiger partial charge is 0.490 e. The third-order valence-electron chi connectivity index (χ3n) is 2.76. The van der Waals surface area contributed by atoms with Crippen molar-refractivity contribution in [1.29, 1.82) is 0 Å². The van der Waals surface area contributed by atoms with Crippen molar-refractivity contribution >= 4 is 11.7 Å². The van der Waals surface area contributed by atoms with Gasteiger partial charge in [0, 0.05) is 12.5 Å². The third kappa shape index (κ3) is 3.32. The minimum Gasteiger partial charge on any atom is -0.490 e. The quantitative estimate of drug-likeness (QED) is 0.627. The first kappa shape index (κ1) is 14.4. The second-order valence-corrected chi connectivity index (χ2v) is 4.16. The number of rotatable bonds is 6. The van der Waals surface area contributed by atoms with Crippen LogP contribution < -0.4 is 4.74 Å². The number of aryl methyl sites for hydroxylation is 1. The highest BCUT2D eigenvalue weighted by Gasteiger charge is 2.16. The van der Waals surface area contributed by atoms with Crippen LogP contribution in [0.25, 0.3) is 5.69 Å². The molecular weight excluding hydrogens is 280 g/mol. The van der Waals surface area contributed by atoms with Crippen LogP contribution >= 0.6 is 0 Å². The first-order chi connectivity index (χ1) is 10.0. The molecule has 0 atom stereocenters. The van der Waals surface area contributed by atoms with Gasteiger partial charge in [-0.25, -0.2) is 4.68 Å². The number of carboxylic acids is 1. The lowest BCUT2D eigenvalue weighted by Gasteiger charge is -2.04. The van der Waals surface area contributed by atoms with Gasteiger partial charge in [0.05, 0.1) is 36.0 Å². The standard InChI is InChI=1S/C12H12N4O5/c1-21-11-4-3-9(6-10(11)16(19)20)15-7-8(13-14-15)2-5-12(17)18/h3-4,6-7H,2,5H2,1H3,(H,17,18). The lowest BCUT2D eigenvalue weighted by Crippen LogP contribution is -1.99. The number of aromatic nitrogens is 3. The average molecular weight is 292 g/mol. The molecule has 1 heterocycles. The van der Waals surface area contributed by atoms with Crippen LogP contribution in [0.5, 0.6) is 5.75 Å². The van der Waals surface area contributed by atoms with Gasteiger partial charge in [-0.3, -0.25) is 14.9 Å². The van der Waals surface area contributed by atoms with Crippen molar-refractivity contribution in [2.24, 2.45) is 0 Å². The molecule has 21 heavy (non-hydrogen) atoms. The molecule has 110 valence electrons. The van der Waals surface area contributed by atoms with Gasteiger partial charge in [0.1, 0.15) is 0 Å². The smallest absolute Gasteiger partial charge is 0.313 e. The zero-order chi connectivity index (χ0) is 15.4. The maximum Gasteiger partial charge on any atom is 0.313 e. The first-order valence-corrected chi connectivity index (χ1v) is 5.97. The molecule has 9 heteroatoms. The van der Waals surface area contributed by atoms with E-state index in [9.17, 15) is 14.9 Å². The second-order valence-electron chi connectivity index (χ2n) is 4.16. The molecule has 0 radical (unpaired) electrons. The van der Waals surface area contributed by atoms with E-state index in [1.165, 1.54) is 30.1 Å². The van der Waals surface area contributed by atoms with Gasteiger partial charge >= 0.3 is 11.7 Å². The molecule has 9 nitrogen and oxygen atoms in total. The van der Waals surface area contributed by atoms with Crippen LogP contribution in [0.3, 0.4) is 0 Å². The maximum absolute atomic E-state index is 11.0. The fourth-order valence-corrected chi connectivity index (χ4v) is 1.74. The van der Waals surface area contributed by atoms with Gasteiger partial charge in [-0.05, 0) is 12.1 Å². The molecule has 0 aliphatic carbocycles. The highest BCUT2D eigenvalue weighted by Crippen LogP contribution is 2.28. The number of aliphatic carboxylic acids is 1. The molecule has 0 saturated carbocycles. The minimum atomic E-state index is -0.926. The number of benzene rings is 1. The van der Waals surface area contributed by atoms with Gasteiger partial charge in [0.25, 0.3) is 0 Å². The van der Waals surface area contributed by atoms with Crippen LogP contribution in [0.2, 0.25) is 0 Å². The van der Waals surface area contributed by atoms with E-state index in [1.54, 1.807) is 6.07 Å². The van der Waals surface area contributed by atoms with Crippen molar-refractivity contribution in [1.82, 2.24) is 15.0 Å². The van der Waals surface area contributed by atoms with Crippen molar-refractivity contribution in [3.05, 3.63) is 40.2 Å². The minimum absolute atomic E-state index is 0.0541. The van der Waals surface area contributed by atoms with E-state index in [4.69, 9.17) is 9.84 Å². The summed E-state index contributed by atoms with van der Waals surface area (Å²) in [6, 6.07) is 4.38. The molecule has 1 aromatic carbocycles. The van der Waals surface area contributed by atoms with Gasteiger partial charge in [-0.2, -0.15) is 0 Å². The SMILES string of the molecule is COc1ccc(-n2cc(CCC(=O)O)nn2)cc1[N+](=O)[O-]. The third-order valence-corrected chi connectivity index (χ3v) is 2.76. The molecule has 0 saturated heterocycles. The van der Waals surface area contributed by atoms with Crippen LogP contribution in [0.4, 0.5) is 5.69 Å². The first-order valence-electron chi connectivity index (χ1n) is 5.97. The molecule has 0 bridgehead atoms. The van der Waals surface area contributed by atoms with E-state index in [0.29, 0.717) is 11.4 Å². The molecular formula is C12H12N4O5. The van der Waals surface area contributed by atoms with Crippen LogP contribution in [0.15, 0.2) is 24.4 Å². The summed E-state index contributed by atoms with van der Waals surface area (Å²) in [5, 5.41) is 27.2. The maximum atomic E-state index is 11.0. The fourth-order valence-electron chi connectivity index (χ4n) is 1.74. The topological polar surface area (TPSA) is 120 Å². The molecule has 0 fully saturated rings. The molecule has 1 N–H and O–H groups in total. The monoisotopic (exact) mass is 292 g/mol. The number of nitrogens with zero attached hydrogens (tertiary/aromatic N) is 4. The molecule has 1 aromatic heterocycles. The zero-order valence-electron chi connectivity index (χ0n) is 11.1. The van der Waals surface area contributed by atoms with Crippen molar-refractivity contribution in [3.8, 4) is 11.4 Å². The number of carbonyl (C=O) groups is 1. The highest BCUT2D eigenvalue weighted by molar-refractivity contribution is 5.66. The summed E-state index contributed by atoms with van der Waals surface area (Å²) in [7, 11) is 1.35. The molecule has 0 amide bonds. The Labute approximate surface area is 118 Å². The Morgan fingerprint density at radius 3 is 2.90 bits per heavy atom. The Kier molecular flexibility index (Phi) is 4.12. The van der Waals surface area contributed by atoms with Crippen LogP contribution in [0, 0.1) is 10.1 Å². The van der Waals surface area contributed by atoms with Gasteiger partial charge in [0.15, 0.2) is 5.75 Å². The Hall–Kier alpha value is -2.97. The molecule has 2 rings (SSSR count). The lowest BCUT2D eigenvalue weighted by molar-refractivity contribution is -0.385. The summed E-state index contributed by atoms with van der Waals surface area (Å²) in [6.07, 6.45) is 1.73. The van der Waals surface area contributed by atoms with E-state index in [-0.39, 0.29) is 24.3 Å². The summed E-state index contributed by atoms with van der Waals surface area (Å²) in [5.41, 5.74) is 0.755. The fraction of sp³-hybridized carbons (Fsp3) is 0.250. The number of methoxy groups -OCH3 is 1. The number of hydrogen-bond donors (Lipinski definition) is 1. The van der Waals surface area contributed by atoms with E-state index in [2.05, 4.69) is 10.3 Å². The number of nitro groups is 1. The van der Waals surface area contributed by atoms with Crippen molar-refractivity contribution in [2.45, 2.75) is 12.8 Å². The molecule has 0 aliphatic rings. The predicted molar refractivity (Wildman–Crippen MR) is 70.5 cm³/mol. The zero-order valence-corrected chi connectivity index (χ0v) is 11.1. The van der Waals surface area contributed by atoms with Crippen molar-refractivity contribution < 1.29 is 19.6 Å². The average Bonchev–Trinajstić information content (AvgIpc) is 2.93.